The molecule has 1 aliphatic rings. The third kappa shape index (κ3) is 3.01. The molecule has 1 saturated heterocycles. The molecule has 1 aromatic heterocycles. The zero-order valence-corrected chi connectivity index (χ0v) is 14.8. The van der Waals surface area contributed by atoms with Gasteiger partial charge < -0.3 is 14.6 Å². The van der Waals surface area contributed by atoms with Gasteiger partial charge in [-0.25, -0.2) is 14.5 Å². The average molecular weight is 377 g/mol. The summed E-state index contributed by atoms with van der Waals surface area (Å²) in [5.41, 5.74) is 0.171. The van der Waals surface area contributed by atoms with Crippen LogP contribution in [0.3, 0.4) is 0 Å². The van der Waals surface area contributed by atoms with Crippen LogP contribution in [0, 0.1) is 0 Å². The van der Waals surface area contributed by atoms with Crippen LogP contribution < -0.4 is 15.8 Å². The third-order valence-corrected chi connectivity index (χ3v) is 4.39. The summed E-state index contributed by atoms with van der Waals surface area (Å²) < 4.78 is 5.18. The second-order valence-electron chi connectivity index (χ2n) is 6.36. The third-order valence-electron chi connectivity index (χ3n) is 4.39. The van der Waals surface area contributed by atoms with Gasteiger partial charge in [-0.3, -0.25) is 9.59 Å². The quantitative estimate of drug-likeness (QED) is 0.558. The van der Waals surface area contributed by atoms with Gasteiger partial charge in [-0.15, -0.1) is 0 Å². The van der Waals surface area contributed by atoms with E-state index in [1.807, 2.05) is 0 Å². The number of carbonyl (C=O) groups is 3. The first kappa shape index (κ1) is 17.5. The minimum Gasteiger partial charge on any atom is -0.422 e. The van der Waals surface area contributed by atoms with Gasteiger partial charge in [-0.1, -0.05) is 24.3 Å². The fourth-order valence-corrected chi connectivity index (χ4v) is 3.01. The smallest absolute Gasteiger partial charge is 0.349 e. The van der Waals surface area contributed by atoms with E-state index in [0.29, 0.717) is 22.3 Å². The number of imide groups is 1. The summed E-state index contributed by atoms with van der Waals surface area (Å²) in [6, 6.07) is 14.2. The van der Waals surface area contributed by atoms with E-state index in [0.717, 1.165) is 4.90 Å². The fourth-order valence-electron chi connectivity index (χ4n) is 3.01. The summed E-state index contributed by atoms with van der Waals surface area (Å²) in [5, 5.41) is 3.23. The molecule has 0 atom stereocenters. The molecule has 4 amide bonds. The molecule has 1 fully saturated rings. The highest BCUT2D eigenvalue weighted by Crippen LogP contribution is 2.24. The standard InChI is InChI=1S/C20H15N3O5/c1-22-11-17(24)23(20(22)27)14-7-4-6-13(10-14)21-18(25)15-9-12-5-2-3-8-16(12)28-19(15)26/h2-10H,11H2,1H3,(H,21,25). The van der Waals surface area contributed by atoms with E-state index in [1.165, 1.54) is 24.1 Å². The zero-order valence-electron chi connectivity index (χ0n) is 14.8. The Kier molecular flexibility index (Phi) is 4.15. The molecule has 8 heteroatoms. The Morgan fingerprint density at radius 1 is 1.04 bits per heavy atom. The van der Waals surface area contributed by atoms with Crippen LogP contribution >= 0.6 is 0 Å². The average Bonchev–Trinajstić information content (AvgIpc) is 2.93. The van der Waals surface area contributed by atoms with Gasteiger partial charge in [0.2, 0.25) is 0 Å². The predicted octanol–water partition coefficient (Wildman–Crippen LogP) is 2.44. The molecule has 1 aliphatic heterocycles. The van der Waals surface area contributed by atoms with Crippen LogP contribution in [0.1, 0.15) is 10.4 Å². The van der Waals surface area contributed by atoms with Crippen molar-refractivity contribution in [2.75, 3.05) is 23.8 Å². The van der Waals surface area contributed by atoms with Crippen molar-refractivity contribution < 1.29 is 18.8 Å². The Morgan fingerprint density at radius 3 is 2.57 bits per heavy atom. The highest BCUT2D eigenvalue weighted by Gasteiger charge is 2.34. The van der Waals surface area contributed by atoms with E-state index in [4.69, 9.17) is 4.42 Å². The first-order valence-electron chi connectivity index (χ1n) is 8.46. The zero-order chi connectivity index (χ0) is 19.8. The van der Waals surface area contributed by atoms with E-state index in [1.54, 1.807) is 42.5 Å². The Hall–Kier alpha value is -3.94. The van der Waals surface area contributed by atoms with E-state index >= 15 is 0 Å². The lowest BCUT2D eigenvalue weighted by Gasteiger charge is -2.15. The lowest BCUT2D eigenvalue weighted by molar-refractivity contribution is -0.116. The molecule has 2 heterocycles. The van der Waals surface area contributed by atoms with Crippen molar-refractivity contribution >= 4 is 40.2 Å². The molecule has 0 spiro atoms. The summed E-state index contributed by atoms with van der Waals surface area (Å²) in [5.74, 6) is -1.00. The molecule has 140 valence electrons. The first-order chi connectivity index (χ1) is 13.4. The van der Waals surface area contributed by atoms with Crippen molar-refractivity contribution in [2.45, 2.75) is 0 Å². The maximum absolute atomic E-state index is 12.6. The number of carbonyl (C=O) groups excluding carboxylic acids is 3. The molecule has 28 heavy (non-hydrogen) atoms. The van der Waals surface area contributed by atoms with E-state index < -0.39 is 17.6 Å². The first-order valence-corrected chi connectivity index (χ1v) is 8.46. The van der Waals surface area contributed by atoms with E-state index in [-0.39, 0.29) is 18.0 Å². The number of amides is 4. The summed E-state index contributed by atoms with van der Waals surface area (Å²) in [4.78, 5) is 51.2. The van der Waals surface area contributed by atoms with Gasteiger partial charge in [0.25, 0.3) is 11.8 Å². The van der Waals surface area contributed by atoms with Crippen LogP contribution in [0.25, 0.3) is 11.0 Å². The number of urea groups is 1. The number of hydrogen-bond donors (Lipinski definition) is 1. The van der Waals surface area contributed by atoms with Crippen LogP contribution in [0.15, 0.2) is 63.8 Å². The maximum atomic E-state index is 12.6. The number of nitrogens with one attached hydrogen (secondary N) is 1. The molecular weight excluding hydrogens is 362 g/mol. The van der Waals surface area contributed by atoms with Crippen LogP contribution in [0.2, 0.25) is 0 Å². The number of benzene rings is 2. The Balaban J connectivity index is 1.62. The number of rotatable bonds is 3. The minimum atomic E-state index is -0.751. The van der Waals surface area contributed by atoms with Crippen molar-refractivity contribution in [1.29, 1.82) is 0 Å². The van der Waals surface area contributed by atoms with Gasteiger partial charge in [-0.05, 0) is 30.3 Å². The number of hydrogen-bond acceptors (Lipinski definition) is 5. The van der Waals surface area contributed by atoms with E-state index in [2.05, 4.69) is 5.32 Å². The highest BCUT2D eigenvalue weighted by molar-refractivity contribution is 6.20. The Morgan fingerprint density at radius 2 is 1.82 bits per heavy atom. The van der Waals surface area contributed by atoms with Gasteiger partial charge >= 0.3 is 11.7 Å². The summed E-state index contributed by atoms with van der Waals surface area (Å²) >= 11 is 0. The molecule has 0 bridgehead atoms. The summed E-state index contributed by atoms with van der Waals surface area (Å²) in [7, 11) is 1.53. The fraction of sp³-hybridized carbons (Fsp3) is 0.100. The molecule has 3 aromatic rings. The molecule has 2 aromatic carbocycles. The van der Waals surface area contributed by atoms with Crippen molar-refractivity contribution in [3.05, 3.63) is 70.6 Å². The summed E-state index contributed by atoms with van der Waals surface area (Å²) in [6.07, 6.45) is 0. The van der Waals surface area contributed by atoms with Gasteiger partial charge in [-0.2, -0.15) is 0 Å². The molecule has 0 saturated carbocycles. The number of anilines is 2. The normalized spacial score (nSPS) is 14.0. The van der Waals surface area contributed by atoms with Crippen molar-refractivity contribution in [2.24, 2.45) is 0 Å². The lowest BCUT2D eigenvalue weighted by atomic mass is 10.1. The monoisotopic (exact) mass is 377 g/mol. The lowest BCUT2D eigenvalue weighted by Crippen LogP contribution is -2.31. The second kappa shape index (κ2) is 6.66. The number of fused-ring (bicyclic) bond motifs is 1. The van der Waals surface area contributed by atoms with Gasteiger partial charge in [0.05, 0.1) is 5.69 Å². The second-order valence-corrected chi connectivity index (χ2v) is 6.36. The SMILES string of the molecule is CN1CC(=O)N(c2cccc(NC(=O)c3cc4ccccc4oc3=O)c2)C1=O. The van der Waals surface area contributed by atoms with Gasteiger partial charge in [0.1, 0.15) is 17.7 Å². The molecule has 0 radical (unpaired) electrons. The topological polar surface area (TPSA) is 99.9 Å². The Labute approximate surface area is 159 Å². The van der Waals surface area contributed by atoms with Gasteiger partial charge in [0, 0.05) is 18.1 Å². The van der Waals surface area contributed by atoms with Crippen LogP contribution in [-0.4, -0.2) is 36.3 Å². The van der Waals surface area contributed by atoms with Crippen molar-refractivity contribution in [3.63, 3.8) is 0 Å². The highest BCUT2D eigenvalue weighted by atomic mass is 16.4. The molecule has 8 nitrogen and oxygen atoms in total. The number of nitrogens with zero attached hydrogens (tertiary/aromatic N) is 2. The molecule has 1 N–H and O–H groups in total. The minimum absolute atomic E-state index is 0.00639. The molecule has 0 unspecified atom stereocenters. The largest absolute Gasteiger partial charge is 0.422 e. The van der Waals surface area contributed by atoms with Crippen LogP contribution in [-0.2, 0) is 4.79 Å². The number of likely N-dealkylation sites (N-methyl/N-ethyl adjacent to an activating group) is 1. The van der Waals surface area contributed by atoms with Crippen molar-refractivity contribution in [1.82, 2.24) is 4.90 Å². The van der Waals surface area contributed by atoms with Crippen LogP contribution in [0.5, 0.6) is 0 Å². The van der Waals surface area contributed by atoms with Gasteiger partial charge in [0.15, 0.2) is 0 Å². The number of para-hydroxylation sites is 1. The van der Waals surface area contributed by atoms with E-state index in [9.17, 15) is 19.2 Å². The molecular formula is C20H15N3O5. The Bertz CT molecular complexity index is 1180. The van der Waals surface area contributed by atoms with Crippen LogP contribution in [0.4, 0.5) is 16.2 Å². The molecule has 4 rings (SSSR count). The maximum Gasteiger partial charge on any atom is 0.349 e. The van der Waals surface area contributed by atoms with Crippen molar-refractivity contribution in [3.8, 4) is 0 Å². The molecule has 0 aliphatic carbocycles. The predicted molar refractivity (Wildman–Crippen MR) is 102 cm³/mol. The summed E-state index contributed by atoms with van der Waals surface area (Å²) in [6.45, 7) is -0.00639.